The molecule has 0 aliphatic rings. The maximum absolute atomic E-state index is 12.3. The summed E-state index contributed by atoms with van der Waals surface area (Å²) in [6, 6.07) is 5.17. The Hall–Kier alpha value is -2.15. The van der Waals surface area contributed by atoms with E-state index in [9.17, 15) is 13.6 Å². The Labute approximate surface area is 128 Å². The Balaban J connectivity index is 2.00. The summed E-state index contributed by atoms with van der Waals surface area (Å²) in [7, 11) is 0. The van der Waals surface area contributed by atoms with E-state index in [0.29, 0.717) is 16.9 Å². The fraction of sp³-hybridized carbons (Fsp3) is 0.267. The van der Waals surface area contributed by atoms with E-state index in [2.05, 4.69) is 15.0 Å². The van der Waals surface area contributed by atoms with Gasteiger partial charge in [-0.3, -0.25) is 9.78 Å². The van der Waals surface area contributed by atoms with Gasteiger partial charge in [0, 0.05) is 17.5 Å². The summed E-state index contributed by atoms with van der Waals surface area (Å²) in [5, 5.41) is 0.556. The molecule has 0 bridgehead atoms. The van der Waals surface area contributed by atoms with Crippen molar-refractivity contribution in [3.8, 4) is 11.5 Å². The van der Waals surface area contributed by atoms with Crippen LogP contribution < -0.4 is 5.56 Å². The van der Waals surface area contributed by atoms with Crippen LogP contribution in [0.25, 0.3) is 21.7 Å². The number of hydrogen-bond donors (Lipinski definition) is 1. The first kappa shape index (κ1) is 14.8. The van der Waals surface area contributed by atoms with Crippen LogP contribution in [0.1, 0.15) is 16.9 Å². The number of H-pyrrole nitrogens is 1. The Morgan fingerprint density at radius 3 is 2.95 bits per heavy atom. The molecule has 0 fully saturated rings. The number of thiophene rings is 1. The van der Waals surface area contributed by atoms with Gasteiger partial charge in [-0.15, -0.1) is 11.3 Å². The van der Waals surface area contributed by atoms with Gasteiger partial charge in [0.1, 0.15) is 10.5 Å². The highest BCUT2D eigenvalue weighted by atomic mass is 32.1. The minimum atomic E-state index is -2.33. The van der Waals surface area contributed by atoms with Crippen molar-refractivity contribution in [3.05, 3.63) is 45.2 Å². The standard InChI is InChI=1S/C15H13F2N3OS/c1-8-6-10-14(21)19-13(20-15(10)22-8)11-7-9(4-5-18-11)2-3-12(16)17/h4-7,12H,2-3H2,1H3,(H,19,20,21). The Morgan fingerprint density at radius 1 is 1.36 bits per heavy atom. The molecule has 22 heavy (non-hydrogen) atoms. The van der Waals surface area contributed by atoms with Crippen LogP contribution in [0, 0.1) is 6.92 Å². The van der Waals surface area contributed by atoms with Gasteiger partial charge in [0.05, 0.1) is 5.39 Å². The van der Waals surface area contributed by atoms with Crippen molar-refractivity contribution in [2.75, 3.05) is 0 Å². The molecule has 0 spiro atoms. The number of nitrogens with one attached hydrogen (secondary N) is 1. The Kier molecular flexibility index (Phi) is 3.98. The zero-order valence-corrected chi connectivity index (χ0v) is 12.6. The number of aryl methyl sites for hydroxylation is 2. The molecule has 0 aliphatic carbocycles. The summed E-state index contributed by atoms with van der Waals surface area (Å²) < 4.78 is 24.6. The van der Waals surface area contributed by atoms with E-state index in [1.807, 2.05) is 6.92 Å². The molecule has 3 aromatic heterocycles. The topological polar surface area (TPSA) is 58.6 Å². The number of pyridine rings is 1. The van der Waals surface area contributed by atoms with E-state index in [1.54, 1.807) is 24.4 Å². The first-order chi connectivity index (χ1) is 10.5. The van der Waals surface area contributed by atoms with Crippen molar-refractivity contribution in [3.63, 3.8) is 0 Å². The molecule has 0 unspecified atom stereocenters. The van der Waals surface area contributed by atoms with E-state index < -0.39 is 6.43 Å². The van der Waals surface area contributed by atoms with Crippen LogP contribution in [-0.4, -0.2) is 21.4 Å². The summed E-state index contributed by atoms with van der Waals surface area (Å²) in [5.74, 6) is 0.359. The van der Waals surface area contributed by atoms with Crippen LogP contribution in [0.4, 0.5) is 8.78 Å². The van der Waals surface area contributed by atoms with Gasteiger partial charge < -0.3 is 4.98 Å². The molecule has 4 nitrogen and oxygen atoms in total. The smallest absolute Gasteiger partial charge is 0.282 e. The molecular weight excluding hydrogens is 308 g/mol. The highest BCUT2D eigenvalue weighted by Crippen LogP contribution is 2.22. The van der Waals surface area contributed by atoms with E-state index in [-0.39, 0.29) is 18.4 Å². The van der Waals surface area contributed by atoms with Crippen molar-refractivity contribution >= 4 is 21.6 Å². The molecule has 0 radical (unpaired) electrons. The molecule has 0 atom stereocenters. The molecule has 0 saturated carbocycles. The van der Waals surface area contributed by atoms with Crippen molar-refractivity contribution in [1.29, 1.82) is 0 Å². The van der Waals surface area contributed by atoms with E-state index >= 15 is 0 Å². The second-order valence-electron chi connectivity index (χ2n) is 4.97. The van der Waals surface area contributed by atoms with Gasteiger partial charge >= 0.3 is 0 Å². The molecule has 3 heterocycles. The predicted octanol–water partition coefficient (Wildman–Crippen LogP) is 3.55. The molecule has 0 saturated heterocycles. The summed E-state index contributed by atoms with van der Waals surface area (Å²) in [6.07, 6.45) is -0.728. The molecule has 0 aliphatic heterocycles. The minimum absolute atomic E-state index is 0.198. The Morgan fingerprint density at radius 2 is 2.18 bits per heavy atom. The van der Waals surface area contributed by atoms with Crippen LogP contribution in [0.2, 0.25) is 0 Å². The second kappa shape index (κ2) is 5.92. The van der Waals surface area contributed by atoms with Crippen molar-refractivity contribution in [2.45, 2.75) is 26.2 Å². The third kappa shape index (κ3) is 3.04. The largest absolute Gasteiger partial charge is 0.329 e. The number of fused-ring (bicyclic) bond motifs is 1. The first-order valence-corrected chi connectivity index (χ1v) is 7.58. The summed E-state index contributed by atoms with van der Waals surface area (Å²) in [5.41, 5.74) is 0.917. The van der Waals surface area contributed by atoms with Crippen molar-refractivity contribution < 1.29 is 8.78 Å². The van der Waals surface area contributed by atoms with Crippen LogP contribution in [0.3, 0.4) is 0 Å². The number of rotatable bonds is 4. The molecular formula is C15H13F2N3OS. The van der Waals surface area contributed by atoms with Gasteiger partial charge in [-0.2, -0.15) is 4.98 Å². The quantitative estimate of drug-likeness (QED) is 0.799. The van der Waals surface area contributed by atoms with Crippen LogP contribution in [0.5, 0.6) is 0 Å². The van der Waals surface area contributed by atoms with Crippen molar-refractivity contribution in [2.24, 2.45) is 0 Å². The maximum Gasteiger partial charge on any atom is 0.282 e. The average molecular weight is 321 g/mol. The number of hydrogen-bond acceptors (Lipinski definition) is 4. The lowest BCUT2D eigenvalue weighted by Crippen LogP contribution is -2.08. The molecule has 3 aromatic rings. The highest BCUT2D eigenvalue weighted by Gasteiger charge is 2.10. The third-order valence-corrected chi connectivity index (χ3v) is 4.22. The molecule has 7 heteroatoms. The van der Waals surface area contributed by atoms with Gasteiger partial charge in [-0.25, -0.2) is 8.78 Å². The zero-order chi connectivity index (χ0) is 15.7. The lowest BCUT2D eigenvalue weighted by molar-refractivity contribution is 0.138. The molecule has 0 amide bonds. The predicted molar refractivity (Wildman–Crippen MR) is 82.5 cm³/mol. The maximum atomic E-state index is 12.3. The van der Waals surface area contributed by atoms with Gasteiger partial charge in [0.25, 0.3) is 5.56 Å². The van der Waals surface area contributed by atoms with Crippen molar-refractivity contribution in [1.82, 2.24) is 15.0 Å². The summed E-state index contributed by atoms with van der Waals surface area (Å²) in [6.45, 7) is 1.92. The highest BCUT2D eigenvalue weighted by molar-refractivity contribution is 7.18. The lowest BCUT2D eigenvalue weighted by atomic mass is 10.1. The first-order valence-electron chi connectivity index (χ1n) is 6.77. The number of halogens is 2. The molecule has 114 valence electrons. The summed E-state index contributed by atoms with van der Waals surface area (Å²) >= 11 is 1.47. The molecule has 0 aromatic carbocycles. The molecule has 3 rings (SSSR count). The fourth-order valence-corrected chi connectivity index (χ4v) is 3.12. The summed E-state index contributed by atoms with van der Waals surface area (Å²) in [4.78, 5) is 25.1. The van der Waals surface area contributed by atoms with Gasteiger partial charge in [-0.1, -0.05) is 0 Å². The van der Waals surface area contributed by atoms with E-state index in [1.165, 1.54) is 11.3 Å². The normalized spacial score (nSPS) is 11.5. The monoisotopic (exact) mass is 321 g/mol. The average Bonchev–Trinajstić information content (AvgIpc) is 2.86. The number of alkyl halides is 2. The van der Waals surface area contributed by atoms with E-state index in [0.717, 1.165) is 15.3 Å². The fourth-order valence-electron chi connectivity index (χ4n) is 2.22. The number of nitrogens with zero attached hydrogens (tertiary/aromatic N) is 2. The van der Waals surface area contributed by atoms with Crippen LogP contribution in [0.15, 0.2) is 29.2 Å². The van der Waals surface area contributed by atoms with Gasteiger partial charge in [-0.05, 0) is 37.1 Å². The van der Waals surface area contributed by atoms with Gasteiger partial charge in [0.2, 0.25) is 6.43 Å². The number of aromatic nitrogens is 3. The Bertz CT molecular complexity index is 873. The third-order valence-electron chi connectivity index (χ3n) is 3.25. The van der Waals surface area contributed by atoms with Crippen LogP contribution >= 0.6 is 11.3 Å². The zero-order valence-electron chi connectivity index (χ0n) is 11.8. The van der Waals surface area contributed by atoms with Gasteiger partial charge in [0.15, 0.2) is 5.82 Å². The van der Waals surface area contributed by atoms with E-state index in [4.69, 9.17) is 0 Å². The molecule has 1 N–H and O–H groups in total. The lowest BCUT2D eigenvalue weighted by Gasteiger charge is -2.04. The van der Waals surface area contributed by atoms with Crippen LogP contribution in [-0.2, 0) is 6.42 Å². The second-order valence-corrected chi connectivity index (χ2v) is 6.23. The number of aromatic amines is 1. The SMILES string of the molecule is Cc1cc2c(=O)nc(-c3cc(CCC(F)F)ccn3)[nH]c2s1. The minimum Gasteiger partial charge on any atom is -0.329 e.